The van der Waals surface area contributed by atoms with Gasteiger partial charge >= 0.3 is 6.18 Å². The van der Waals surface area contributed by atoms with E-state index in [9.17, 15) is 32.1 Å². The predicted octanol–water partition coefficient (Wildman–Crippen LogP) is 3.24. The van der Waals surface area contributed by atoms with Crippen molar-refractivity contribution in [1.29, 1.82) is 0 Å². The van der Waals surface area contributed by atoms with Crippen LogP contribution in [0.1, 0.15) is 6.42 Å². The monoisotopic (exact) mass is 270 g/mol. The highest BCUT2D eigenvalue weighted by Crippen LogP contribution is 2.28. The van der Waals surface area contributed by atoms with Crippen molar-refractivity contribution in [3.8, 4) is 0 Å². The SMILES string of the molecule is O=[N+]([O-])c1cc(F)c(F)cc1NCCC(F)(F)F. The third-order valence-corrected chi connectivity index (χ3v) is 1.96. The molecular weight excluding hydrogens is 263 g/mol. The molecule has 100 valence electrons. The first-order chi connectivity index (χ1) is 8.20. The number of nitrogens with one attached hydrogen (secondary N) is 1. The summed E-state index contributed by atoms with van der Waals surface area (Å²) < 4.78 is 61.1. The topological polar surface area (TPSA) is 55.2 Å². The van der Waals surface area contributed by atoms with E-state index in [0.29, 0.717) is 12.1 Å². The Morgan fingerprint density at radius 3 is 2.28 bits per heavy atom. The quantitative estimate of drug-likeness (QED) is 0.519. The van der Waals surface area contributed by atoms with Crippen molar-refractivity contribution in [3.05, 3.63) is 33.9 Å². The van der Waals surface area contributed by atoms with E-state index in [1.807, 2.05) is 0 Å². The number of nitro groups is 1. The Morgan fingerprint density at radius 1 is 1.22 bits per heavy atom. The van der Waals surface area contributed by atoms with E-state index < -0.39 is 47.1 Å². The Bertz CT molecular complexity index is 461. The normalized spacial score (nSPS) is 11.4. The summed E-state index contributed by atoms with van der Waals surface area (Å²) in [5, 5.41) is 12.6. The van der Waals surface area contributed by atoms with Gasteiger partial charge in [-0.25, -0.2) is 8.78 Å². The molecule has 0 saturated heterocycles. The fourth-order valence-corrected chi connectivity index (χ4v) is 1.17. The summed E-state index contributed by atoms with van der Waals surface area (Å²) in [5.41, 5.74) is -1.32. The van der Waals surface area contributed by atoms with Gasteiger partial charge in [-0.1, -0.05) is 0 Å². The molecule has 1 N–H and O–H groups in total. The zero-order chi connectivity index (χ0) is 13.9. The smallest absolute Gasteiger partial charge is 0.379 e. The Morgan fingerprint density at radius 2 is 1.78 bits per heavy atom. The maximum Gasteiger partial charge on any atom is 0.390 e. The molecular formula is C9H7F5N2O2. The number of anilines is 1. The van der Waals surface area contributed by atoms with Crippen LogP contribution in [0.2, 0.25) is 0 Å². The Kier molecular flexibility index (Phi) is 4.04. The van der Waals surface area contributed by atoms with Crippen LogP contribution in [0.5, 0.6) is 0 Å². The molecule has 0 heterocycles. The molecule has 9 heteroatoms. The van der Waals surface area contributed by atoms with Crippen molar-refractivity contribution in [2.75, 3.05) is 11.9 Å². The van der Waals surface area contributed by atoms with Crippen molar-refractivity contribution >= 4 is 11.4 Å². The molecule has 4 nitrogen and oxygen atoms in total. The second-order valence-electron chi connectivity index (χ2n) is 3.33. The summed E-state index contributed by atoms with van der Waals surface area (Å²) in [6.07, 6.45) is -5.69. The second-order valence-corrected chi connectivity index (χ2v) is 3.33. The van der Waals surface area contributed by atoms with E-state index in [1.54, 1.807) is 0 Å². The fraction of sp³-hybridized carbons (Fsp3) is 0.333. The molecule has 0 bridgehead atoms. The zero-order valence-electron chi connectivity index (χ0n) is 8.72. The van der Waals surface area contributed by atoms with Crippen LogP contribution in [0, 0.1) is 21.7 Å². The lowest BCUT2D eigenvalue weighted by molar-refractivity contribution is -0.384. The first-order valence-electron chi connectivity index (χ1n) is 4.65. The first kappa shape index (κ1) is 14.1. The van der Waals surface area contributed by atoms with E-state index >= 15 is 0 Å². The summed E-state index contributed by atoms with van der Waals surface area (Å²) in [6, 6.07) is 0.759. The van der Waals surface area contributed by atoms with E-state index in [0.717, 1.165) is 0 Å². The molecule has 0 fully saturated rings. The number of rotatable bonds is 4. The second kappa shape index (κ2) is 5.15. The van der Waals surface area contributed by atoms with Gasteiger partial charge in [0.25, 0.3) is 5.69 Å². The van der Waals surface area contributed by atoms with Crippen LogP contribution in [0.15, 0.2) is 12.1 Å². The average molecular weight is 270 g/mol. The van der Waals surface area contributed by atoms with Crippen LogP contribution in [-0.4, -0.2) is 17.6 Å². The van der Waals surface area contributed by atoms with E-state index in [4.69, 9.17) is 0 Å². The molecule has 0 amide bonds. The minimum absolute atomic E-state index is 0.311. The van der Waals surface area contributed by atoms with Crippen LogP contribution in [0.3, 0.4) is 0 Å². The van der Waals surface area contributed by atoms with Gasteiger partial charge in [0.1, 0.15) is 5.69 Å². The molecule has 0 aromatic heterocycles. The minimum Gasteiger partial charge on any atom is -0.379 e. The van der Waals surface area contributed by atoms with Crippen molar-refractivity contribution in [2.45, 2.75) is 12.6 Å². The van der Waals surface area contributed by atoms with Crippen LogP contribution in [-0.2, 0) is 0 Å². The van der Waals surface area contributed by atoms with Crippen molar-refractivity contribution in [3.63, 3.8) is 0 Å². The maximum atomic E-state index is 12.8. The Balaban J connectivity index is 2.87. The van der Waals surface area contributed by atoms with Gasteiger partial charge < -0.3 is 5.32 Å². The molecule has 0 radical (unpaired) electrons. The number of alkyl halides is 3. The highest BCUT2D eigenvalue weighted by molar-refractivity contribution is 5.61. The molecule has 18 heavy (non-hydrogen) atoms. The molecule has 0 aliphatic heterocycles. The lowest BCUT2D eigenvalue weighted by Gasteiger charge is -2.09. The van der Waals surface area contributed by atoms with Crippen molar-refractivity contribution in [2.24, 2.45) is 0 Å². The molecule has 0 aliphatic carbocycles. The van der Waals surface area contributed by atoms with Gasteiger partial charge in [0, 0.05) is 12.6 Å². The third-order valence-electron chi connectivity index (χ3n) is 1.96. The molecule has 1 aromatic rings. The summed E-state index contributed by atoms with van der Waals surface area (Å²) in [7, 11) is 0. The average Bonchev–Trinajstić information content (AvgIpc) is 2.20. The van der Waals surface area contributed by atoms with Crippen LogP contribution in [0.4, 0.5) is 33.3 Å². The number of hydrogen-bond acceptors (Lipinski definition) is 3. The van der Waals surface area contributed by atoms with Crippen LogP contribution in [0.25, 0.3) is 0 Å². The van der Waals surface area contributed by atoms with Gasteiger partial charge in [-0.05, 0) is 0 Å². The lowest BCUT2D eigenvalue weighted by Crippen LogP contribution is -2.15. The largest absolute Gasteiger partial charge is 0.390 e. The molecule has 1 rings (SSSR count). The van der Waals surface area contributed by atoms with Crippen LogP contribution < -0.4 is 5.32 Å². The summed E-state index contributed by atoms with van der Waals surface area (Å²) >= 11 is 0. The van der Waals surface area contributed by atoms with E-state index in [1.165, 1.54) is 0 Å². The van der Waals surface area contributed by atoms with Gasteiger partial charge in [0.15, 0.2) is 11.6 Å². The number of nitrogens with zero attached hydrogens (tertiary/aromatic N) is 1. The number of benzene rings is 1. The number of nitro benzene ring substituents is 1. The summed E-state index contributed by atoms with van der Waals surface area (Å²) in [4.78, 5) is 9.48. The van der Waals surface area contributed by atoms with E-state index in [-0.39, 0.29) is 0 Å². The maximum absolute atomic E-state index is 12.8. The minimum atomic E-state index is -4.44. The highest BCUT2D eigenvalue weighted by atomic mass is 19.4. The Labute approximate surface area is 97.6 Å². The highest BCUT2D eigenvalue weighted by Gasteiger charge is 2.27. The predicted molar refractivity (Wildman–Crippen MR) is 52.2 cm³/mol. The van der Waals surface area contributed by atoms with Gasteiger partial charge in [-0.15, -0.1) is 0 Å². The van der Waals surface area contributed by atoms with Gasteiger partial charge in [0.2, 0.25) is 0 Å². The molecule has 0 aliphatic rings. The molecule has 0 saturated carbocycles. The molecule has 0 unspecified atom stereocenters. The zero-order valence-corrected chi connectivity index (χ0v) is 8.72. The Hall–Kier alpha value is -1.93. The van der Waals surface area contributed by atoms with E-state index in [2.05, 4.69) is 5.32 Å². The summed E-state index contributed by atoms with van der Waals surface area (Å²) in [6.45, 7) is -0.671. The van der Waals surface area contributed by atoms with Crippen molar-refractivity contribution in [1.82, 2.24) is 0 Å². The third kappa shape index (κ3) is 3.82. The summed E-state index contributed by atoms with van der Waals surface area (Å²) in [5.74, 6) is -2.82. The fourth-order valence-electron chi connectivity index (χ4n) is 1.17. The van der Waals surface area contributed by atoms with Gasteiger partial charge in [0.05, 0.1) is 17.4 Å². The molecule has 0 spiro atoms. The molecule has 0 atom stereocenters. The number of hydrogen-bond donors (Lipinski definition) is 1. The molecule has 1 aromatic carbocycles. The van der Waals surface area contributed by atoms with Crippen molar-refractivity contribution < 1.29 is 26.9 Å². The first-order valence-corrected chi connectivity index (χ1v) is 4.65. The standard InChI is InChI=1S/C9H7F5N2O2/c10-5-3-7(15-2-1-9(12,13)14)8(16(17)18)4-6(5)11/h3-4,15H,1-2H2. The van der Waals surface area contributed by atoms with Crippen LogP contribution >= 0.6 is 0 Å². The lowest BCUT2D eigenvalue weighted by atomic mass is 10.2. The van der Waals surface area contributed by atoms with Gasteiger partial charge in [-0.2, -0.15) is 13.2 Å². The number of halogens is 5. The van der Waals surface area contributed by atoms with Gasteiger partial charge in [-0.3, -0.25) is 10.1 Å².